The molecule has 0 aromatic heterocycles. The van der Waals surface area contributed by atoms with E-state index in [1.165, 1.54) is 37.8 Å². The fourth-order valence-corrected chi connectivity index (χ4v) is 3.99. The molecule has 1 atom stereocenters. The molecule has 0 spiro atoms. The maximum Gasteiger partial charge on any atom is 0.159 e. The fraction of sp³-hybridized carbons (Fsp3) is 0.727. The van der Waals surface area contributed by atoms with Crippen molar-refractivity contribution in [2.24, 2.45) is 11.8 Å². The third kappa shape index (κ3) is 5.77. The third-order valence-electron chi connectivity index (χ3n) is 5.60. The summed E-state index contributed by atoms with van der Waals surface area (Å²) >= 11 is 0. The Kier molecular flexibility index (Phi) is 9.06. The summed E-state index contributed by atoms with van der Waals surface area (Å²) in [6, 6.07) is 4.09. The lowest BCUT2D eigenvalue weighted by Crippen LogP contribution is -2.46. The Labute approximate surface area is 152 Å². The predicted octanol–water partition coefficient (Wildman–Crippen LogP) is 6.84. The lowest BCUT2D eigenvalue weighted by atomic mass is 9.67. The van der Waals surface area contributed by atoms with Crippen LogP contribution in [0.1, 0.15) is 91.0 Å². The zero-order valence-electron chi connectivity index (χ0n) is 16.6. The molecule has 0 amide bonds. The predicted molar refractivity (Wildman–Crippen MR) is 102 cm³/mol. The summed E-state index contributed by atoms with van der Waals surface area (Å²) in [5, 5.41) is 11.5. The van der Waals surface area contributed by atoms with Crippen molar-refractivity contribution < 1.29 is 13.9 Å². The van der Waals surface area contributed by atoms with Crippen molar-refractivity contribution in [2.45, 2.75) is 91.1 Å². The van der Waals surface area contributed by atoms with Crippen LogP contribution in [0.25, 0.3) is 0 Å². The van der Waals surface area contributed by atoms with E-state index in [0.29, 0.717) is 5.56 Å². The molecule has 144 valence electrons. The summed E-state index contributed by atoms with van der Waals surface area (Å²) in [5.74, 6) is -1.79. The molecule has 0 aliphatic heterocycles. The van der Waals surface area contributed by atoms with Crippen LogP contribution in [-0.4, -0.2) is 10.7 Å². The average Bonchev–Trinajstić information content (AvgIpc) is 2.56. The van der Waals surface area contributed by atoms with Gasteiger partial charge in [0.15, 0.2) is 11.6 Å². The largest absolute Gasteiger partial charge is 0.389 e. The zero-order valence-corrected chi connectivity index (χ0v) is 16.6. The molecule has 0 saturated carbocycles. The Hall–Kier alpha value is -0.960. The molecule has 1 nitrogen and oxygen atoms in total. The van der Waals surface area contributed by atoms with E-state index < -0.39 is 17.2 Å². The van der Waals surface area contributed by atoms with Gasteiger partial charge < -0.3 is 5.11 Å². The van der Waals surface area contributed by atoms with Gasteiger partial charge in [-0.1, -0.05) is 79.2 Å². The summed E-state index contributed by atoms with van der Waals surface area (Å²) in [4.78, 5) is 0. The van der Waals surface area contributed by atoms with E-state index in [1.807, 2.05) is 27.7 Å². The van der Waals surface area contributed by atoms with Crippen LogP contribution in [0.15, 0.2) is 18.2 Å². The van der Waals surface area contributed by atoms with Crippen molar-refractivity contribution >= 4 is 0 Å². The van der Waals surface area contributed by atoms with Gasteiger partial charge in [0, 0.05) is 5.92 Å². The van der Waals surface area contributed by atoms with Crippen LogP contribution in [0.2, 0.25) is 0 Å². The molecule has 1 unspecified atom stereocenters. The number of halogens is 2. The van der Waals surface area contributed by atoms with Gasteiger partial charge in [0.1, 0.15) is 0 Å². The summed E-state index contributed by atoms with van der Waals surface area (Å²) in [6.45, 7) is 10.2. The van der Waals surface area contributed by atoms with Crippen LogP contribution in [-0.2, 0) is 0 Å². The fourth-order valence-electron chi connectivity index (χ4n) is 3.99. The molecule has 0 aliphatic rings. The summed E-state index contributed by atoms with van der Waals surface area (Å²) in [5.41, 5.74) is -0.231. The first kappa shape index (κ1) is 22.1. The standard InChI is InChI=1S/C22H36F2O/c1-6-7-8-9-10-11-12-19(22(25,16(2)3)17(4)5)18-13-14-20(23)21(24)15-18/h13-17,19,25H,6-12H2,1-5H3. The van der Waals surface area contributed by atoms with Crippen LogP contribution >= 0.6 is 0 Å². The Bertz CT molecular complexity index is 503. The number of hydrogen-bond donors (Lipinski definition) is 1. The van der Waals surface area contributed by atoms with Crippen molar-refractivity contribution in [3.8, 4) is 0 Å². The topological polar surface area (TPSA) is 20.2 Å². The van der Waals surface area contributed by atoms with E-state index in [2.05, 4.69) is 6.92 Å². The second-order valence-electron chi connectivity index (χ2n) is 7.98. The summed E-state index contributed by atoms with van der Waals surface area (Å²) in [6.07, 6.45) is 7.82. The van der Waals surface area contributed by atoms with E-state index in [4.69, 9.17) is 0 Å². The second-order valence-corrected chi connectivity index (χ2v) is 7.98. The van der Waals surface area contributed by atoms with E-state index in [1.54, 1.807) is 6.07 Å². The SMILES string of the molecule is CCCCCCCCC(c1ccc(F)c(F)c1)C(O)(C(C)C)C(C)C. The monoisotopic (exact) mass is 354 g/mol. The van der Waals surface area contributed by atoms with Gasteiger partial charge in [-0.3, -0.25) is 0 Å². The van der Waals surface area contributed by atoms with Crippen LogP contribution in [0, 0.1) is 23.5 Å². The highest BCUT2D eigenvalue weighted by atomic mass is 19.2. The summed E-state index contributed by atoms with van der Waals surface area (Å²) in [7, 11) is 0. The molecule has 1 N–H and O–H groups in total. The third-order valence-corrected chi connectivity index (χ3v) is 5.60. The van der Waals surface area contributed by atoms with Crippen LogP contribution in [0.4, 0.5) is 8.78 Å². The van der Waals surface area contributed by atoms with Gasteiger partial charge in [-0.15, -0.1) is 0 Å². The molecular weight excluding hydrogens is 318 g/mol. The quantitative estimate of drug-likeness (QED) is 0.431. The maximum atomic E-state index is 13.8. The molecule has 0 bridgehead atoms. The van der Waals surface area contributed by atoms with Gasteiger partial charge in [0.2, 0.25) is 0 Å². The number of rotatable bonds is 11. The smallest absolute Gasteiger partial charge is 0.159 e. The molecule has 0 saturated heterocycles. The average molecular weight is 355 g/mol. The van der Waals surface area contributed by atoms with Gasteiger partial charge in [0.25, 0.3) is 0 Å². The Balaban J connectivity index is 2.99. The van der Waals surface area contributed by atoms with Crippen molar-refractivity contribution in [1.82, 2.24) is 0 Å². The number of benzene rings is 1. The Morgan fingerprint density at radius 2 is 1.44 bits per heavy atom. The van der Waals surface area contributed by atoms with Gasteiger partial charge in [-0.2, -0.15) is 0 Å². The van der Waals surface area contributed by atoms with Crippen molar-refractivity contribution in [1.29, 1.82) is 0 Å². The number of unbranched alkanes of at least 4 members (excludes halogenated alkanes) is 5. The molecule has 1 aromatic carbocycles. The molecule has 0 radical (unpaired) electrons. The molecule has 0 heterocycles. The molecular formula is C22H36F2O. The zero-order chi connectivity index (χ0) is 19.0. The molecule has 3 heteroatoms. The number of aliphatic hydroxyl groups is 1. The molecule has 25 heavy (non-hydrogen) atoms. The first-order chi connectivity index (χ1) is 11.7. The van der Waals surface area contributed by atoms with Crippen molar-refractivity contribution in [3.63, 3.8) is 0 Å². The lowest BCUT2D eigenvalue weighted by Gasteiger charge is -2.43. The Morgan fingerprint density at radius 3 is 1.96 bits per heavy atom. The first-order valence-electron chi connectivity index (χ1n) is 9.92. The second kappa shape index (κ2) is 10.3. The van der Waals surface area contributed by atoms with Crippen LogP contribution in [0.3, 0.4) is 0 Å². The maximum absolute atomic E-state index is 13.8. The minimum Gasteiger partial charge on any atom is -0.389 e. The van der Waals surface area contributed by atoms with Gasteiger partial charge in [-0.25, -0.2) is 8.78 Å². The van der Waals surface area contributed by atoms with Crippen molar-refractivity contribution in [2.75, 3.05) is 0 Å². The highest BCUT2D eigenvalue weighted by Gasteiger charge is 2.43. The van der Waals surface area contributed by atoms with Gasteiger partial charge in [-0.05, 0) is 36.0 Å². The molecule has 1 aromatic rings. The molecule has 1 rings (SSSR count). The minimum absolute atomic E-state index is 0.0331. The first-order valence-corrected chi connectivity index (χ1v) is 9.92. The van der Waals surface area contributed by atoms with Crippen LogP contribution < -0.4 is 0 Å². The van der Waals surface area contributed by atoms with E-state index in [0.717, 1.165) is 19.3 Å². The summed E-state index contributed by atoms with van der Waals surface area (Å²) < 4.78 is 27.2. The van der Waals surface area contributed by atoms with Gasteiger partial charge in [0.05, 0.1) is 5.60 Å². The number of hydrogen-bond acceptors (Lipinski definition) is 1. The highest BCUT2D eigenvalue weighted by Crippen LogP contribution is 2.43. The molecule has 0 fully saturated rings. The van der Waals surface area contributed by atoms with Crippen LogP contribution in [0.5, 0.6) is 0 Å². The Morgan fingerprint density at radius 1 is 0.880 bits per heavy atom. The van der Waals surface area contributed by atoms with E-state index in [-0.39, 0.29) is 17.8 Å². The van der Waals surface area contributed by atoms with Crippen molar-refractivity contribution in [3.05, 3.63) is 35.4 Å². The highest BCUT2D eigenvalue weighted by molar-refractivity contribution is 5.25. The van der Waals surface area contributed by atoms with E-state index >= 15 is 0 Å². The van der Waals surface area contributed by atoms with Gasteiger partial charge >= 0.3 is 0 Å². The van der Waals surface area contributed by atoms with E-state index in [9.17, 15) is 13.9 Å². The molecule has 0 aliphatic carbocycles. The lowest BCUT2D eigenvalue weighted by molar-refractivity contribution is -0.0731. The normalized spacial score (nSPS) is 13.7. The minimum atomic E-state index is -0.937.